The van der Waals surface area contributed by atoms with E-state index in [-0.39, 0.29) is 11.5 Å². The first kappa shape index (κ1) is 18.4. The molecule has 5 heteroatoms. The normalized spacial score (nSPS) is 20.0. The minimum Gasteiger partial charge on any atom is -0.435 e. The van der Waals surface area contributed by atoms with E-state index in [1.165, 1.54) is 55.5 Å². The number of alkyl halides is 2. The van der Waals surface area contributed by atoms with Crippen LogP contribution in [0, 0.1) is 5.92 Å². The molecule has 0 spiro atoms. The third-order valence-electron chi connectivity index (χ3n) is 4.89. The predicted octanol–water partition coefficient (Wildman–Crippen LogP) is 5.80. The van der Waals surface area contributed by atoms with Crippen LogP contribution in [0.2, 0.25) is 0 Å². The van der Waals surface area contributed by atoms with Crippen LogP contribution in [0.5, 0.6) is 11.5 Å². The smallest absolute Gasteiger partial charge is 0.387 e. The summed E-state index contributed by atoms with van der Waals surface area (Å²) in [4.78, 5) is 12.2. The van der Waals surface area contributed by atoms with Crippen LogP contribution < -0.4 is 9.47 Å². The van der Waals surface area contributed by atoms with Crippen molar-refractivity contribution in [3.8, 4) is 11.5 Å². The molecule has 0 amide bonds. The van der Waals surface area contributed by atoms with Crippen molar-refractivity contribution in [3.63, 3.8) is 0 Å². The van der Waals surface area contributed by atoms with Crippen molar-refractivity contribution in [3.05, 3.63) is 59.7 Å². The van der Waals surface area contributed by atoms with E-state index < -0.39 is 12.6 Å². The molecule has 0 saturated heterocycles. The maximum atomic E-state index is 12.2. The van der Waals surface area contributed by atoms with Crippen LogP contribution in [0.3, 0.4) is 0 Å². The predicted molar refractivity (Wildman–Crippen MR) is 94.8 cm³/mol. The lowest BCUT2D eigenvalue weighted by molar-refractivity contribution is -0.0498. The summed E-state index contributed by atoms with van der Waals surface area (Å²) in [5.41, 5.74) is 1.73. The number of hydrogen-bond donors (Lipinski definition) is 0. The van der Waals surface area contributed by atoms with Crippen molar-refractivity contribution in [1.29, 1.82) is 0 Å². The van der Waals surface area contributed by atoms with Crippen LogP contribution in [0.15, 0.2) is 48.5 Å². The first-order valence-electron chi connectivity index (χ1n) is 8.88. The van der Waals surface area contributed by atoms with Crippen LogP contribution in [0.25, 0.3) is 0 Å². The van der Waals surface area contributed by atoms with Gasteiger partial charge in [-0.2, -0.15) is 8.78 Å². The lowest BCUT2D eigenvalue weighted by atomic mass is 9.79. The summed E-state index contributed by atoms with van der Waals surface area (Å²) in [5.74, 6) is 1.20. The Labute approximate surface area is 151 Å². The summed E-state index contributed by atoms with van der Waals surface area (Å²) < 4.78 is 33.8. The van der Waals surface area contributed by atoms with Gasteiger partial charge in [-0.1, -0.05) is 31.9 Å². The molecule has 1 saturated carbocycles. The average molecular weight is 360 g/mol. The molecule has 2 aromatic rings. The van der Waals surface area contributed by atoms with E-state index in [2.05, 4.69) is 11.7 Å². The van der Waals surface area contributed by atoms with Crippen molar-refractivity contribution >= 4 is 5.97 Å². The lowest BCUT2D eigenvalue weighted by Gasteiger charge is -2.26. The molecular weight excluding hydrogens is 338 g/mol. The monoisotopic (exact) mass is 360 g/mol. The van der Waals surface area contributed by atoms with Gasteiger partial charge in [0.1, 0.15) is 11.5 Å². The number of hydrogen-bond acceptors (Lipinski definition) is 3. The Morgan fingerprint density at radius 1 is 0.923 bits per heavy atom. The summed E-state index contributed by atoms with van der Waals surface area (Å²) in [6.45, 7) is -0.587. The number of carbonyl (C=O) groups excluding carboxylic acids is 1. The lowest BCUT2D eigenvalue weighted by Crippen LogP contribution is -2.12. The molecule has 0 aliphatic heterocycles. The molecule has 0 atom stereocenters. The summed E-state index contributed by atoms with van der Waals surface area (Å²) in [6.07, 6.45) is 4.88. The van der Waals surface area contributed by atoms with E-state index in [9.17, 15) is 13.6 Å². The number of ether oxygens (including phenoxy) is 2. The minimum atomic E-state index is -2.88. The molecule has 0 radical (unpaired) electrons. The zero-order valence-corrected chi connectivity index (χ0v) is 14.7. The Hall–Kier alpha value is -2.43. The fourth-order valence-corrected chi connectivity index (χ4v) is 3.34. The molecule has 3 rings (SSSR count). The van der Waals surface area contributed by atoms with Crippen molar-refractivity contribution in [2.24, 2.45) is 5.92 Å². The van der Waals surface area contributed by atoms with Gasteiger partial charge < -0.3 is 9.47 Å². The van der Waals surface area contributed by atoms with Crippen molar-refractivity contribution in [1.82, 2.24) is 0 Å². The number of rotatable bonds is 5. The second-order valence-corrected chi connectivity index (χ2v) is 6.82. The van der Waals surface area contributed by atoms with Gasteiger partial charge in [-0.25, -0.2) is 4.79 Å². The topological polar surface area (TPSA) is 35.5 Å². The quantitative estimate of drug-likeness (QED) is 0.499. The largest absolute Gasteiger partial charge is 0.435 e. The van der Waals surface area contributed by atoms with Gasteiger partial charge in [-0.3, -0.25) is 0 Å². The van der Waals surface area contributed by atoms with Gasteiger partial charge >= 0.3 is 12.6 Å². The van der Waals surface area contributed by atoms with Gasteiger partial charge in [0.15, 0.2) is 0 Å². The van der Waals surface area contributed by atoms with Crippen molar-refractivity contribution < 1.29 is 23.0 Å². The van der Waals surface area contributed by atoms with Gasteiger partial charge in [-0.05, 0) is 66.6 Å². The third-order valence-corrected chi connectivity index (χ3v) is 4.89. The molecule has 26 heavy (non-hydrogen) atoms. The van der Waals surface area contributed by atoms with E-state index in [1.54, 1.807) is 12.1 Å². The summed E-state index contributed by atoms with van der Waals surface area (Å²) in [7, 11) is 0. The summed E-state index contributed by atoms with van der Waals surface area (Å²) in [5, 5.41) is 0. The maximum absolute atomic E-state index is 12.2. The summed E-state index contributed by atoms with van der Waals surface area (Å²) >= 11 is 0. The molecule has 1 fully saturated rings. The Kier molecular flexibility index (Phi) is 5.86. The Bertz CT molecular complexity index is 718. The van der Waals surface area contributed by atoms with Gasteiger partial charge in [0.25, 0.3) is 0 Å². The molecular formula is C21H22F2O3. The zero-order chi connectivity index (χ0) is 18.5. The van der Waals surface area contributed by atoms with Gasteiger partial charge in [0, 0.05) is 0 Å². The number of benzene rings is 2. The molecule has 0 N–H and O–H groups in total. The molecule has 1 aliphatic carbocycles. The first-order valence-corrected chi connectivity index (χ1v) is 8.88. The number of halogens is 2. The standard InChI is InChI=1S/C21H22F2O3/c1-14-2-4-15(5-3-14)16-6-8-17(9-7-16)20(24)25-18-10-12-19(13-11-18)26-21(22)23/h6-15,21H,2-5H2,1H3. The second-order valence-electron chi connectivity index (χ2n) is 6.82. The van der Waals surface area contributed by atoms with Gasteiger partial charge in [0.2, 0.25) is 0 Å². The van der Waals surface area contributed by atoms with E-state index in [0.29, 0.717) is 11.5 Å². The van der Waals surface area contributed by atoms with Crippen LogP contribution in [0.4, 0.5) is 8.78 Å². The number of esters is 1. The van der Waals surface area contributed by atoms with Crippen molar-refractivity contribution in [2.45, 2.75) is 45.1 Å². The van der Waals surface area contributed by atoms with Crippen molar-refractivity contribution in [2.75, 3.05) is 0 Å². The Morgan fingerprint density at radius 3 is 2.08 bits per heavy atom. The SMILES string of the molecule is CC1CCC(c2ccc(C(=O)Oc3ccc(OC(F)F)cc3)cc2)CC1. The van der Waals surface area contributed by atoms with Crippen LogP contribution in [0.1, 0.15) is 54.4 Å². The van der Waals surface area contributed by atoms with E-state index >= 15 is 0 Å². The molecule has 0 unspecified atom stereocenters. The molecule has 2 aromatic carbocycles. The first-order chi connectivity index (χ1) is 12.5. The van der Waals surface area contributed by atoms with E-state index in [4.69, 9.17) is 4.74 Å². The van der Waals surface area contributed by atoms with Gasteiger partial charge in [0.05, 0.1) is 5.56 Å². The highest BCUT2D eigenvalue weighted by Crippen LogP contribution is 2.35. The molecule has 0 heterocycles. The Morgan fingerprint density at radius 2 is 1.50 bits per heavy atom. The Balaban J connectivity index is 1.59. The highest BCUT2D eigenvalue weighted by molar-refractivity contribution is 5.91. The van der Waals surface area contributed by atoms with E-state index in [1.807, 2.05) is 12.1 Å². The zero-order valence-electron chi connectivity index (χ0n) is 14.7. The fraction of sp³-hybridized carbons (Fsp3) is 0.381. The third kappa shape index (κ3) is 4.81. The minimum absolute atomic E-state index is 0.0194. The van der Waals surface area contributed by atoms with Crippen LogP contribution in [-0.2, 0) is 0 Å². The fourth-order valence-electron chi connectivity index (χ4n) is 3.34. The van der Waals surface area contributed by atoms with Gasteiger partial charge in [-0.15, -0.1) is 0 Å². The molecule has 3 nitrogen and oxygen atoms in total. The molecule has 1 aliphatic rings. The highest BCUT2D eigenvalue weighted by atomic mass is 19.3. The summed E-state index contributed by atoms with van der Waals surface area (Å²) in [6, 6.07) is 13.1. The van der Waals surface area contributed by atoms with E-state index in [0.717, 1.165) is 5.92 Å². The average Bonchev–Trinajstić information content (AvgIpc) is 2.64. The number of carbonyl (C=O) groups is 1. The molecule has 0 aromatic heterocycles. The second kappa shape index (κ2) is 8.30. The van der Waals surface area contributed by atoms with Crippen LogP contribution in [-0.4, -0.2) is 12.6 Å². The molecule has 138 valence electrons. The molecule has 0 bridgehead atoms. The maximum Gasteiger partial charge on any atom is 0.387 e. The van der Waals surface area contributed by atoms with Crippen LogP contribution >= 0.6 is 0 Å². The highest BCUT2D eigenvalue weighted by Gasteiger charge is 2.20.